The highest BCUT2D eigenvalue weighted by molar-refractivity contribution is 8.00. The van der Waals surface area contributed by atoms with E-state index in [1.54, 1.807) is 35.3 Å². The standard InChI is InChI=1S/C21H18N4O4S2/c1-13-16(10-22)20(24-21(27)23-13)31-12-19(26)25(11-15-3-2-8-30-15)14-4-5-17-18(9-14)29-7-6-28-17/h2-5,8-9H,6-7,11-12H2,1H3,(H,23,24,27). The summed E-state index contributed by atoms with van der Waals surface area (Å²) >= 11 is 2.63. The Bertz CT molecular complexity index is 1200. The number of thiophene rings is 1. The van der Waals surface area contributed by atoms with Gasteiger partial charge in [0.15, 0.2) is 11.5 Å². The molecule has 0 spiro atoms. The topological polar surface area (TPSA) is 108 Å². The van der Waals surface area contributed by atoms with Crippen LogP contribution in [-0.4, -0.2) is 34.8 Å². The molecule has 3 aromatic rings. The van der Waals surface area contributed by atoms with E-state index >= 15 is 0 Å². The van der Waals surface area contributed by atoms with E-state index in [9.17, 15) is 14.9 Å². The molecule has 1 aliphatic heterocycles. The molecular weight excluding hydrogens is 436 g/mol. The van der Waals surface area contributed by atoms with E-state index in [0.29, 0.717) is 42.6 Å². The summed E-state index contributed by atoms with van der Waals surface area (Å²) < 4.78 is 11.2. The number of rotatable bonds is 6. The Kier molecular flexibility index (Phi) is 6.25. The highest BCUT2D eigenvalue weighted by atomic mass is 32.2. The second-order valence-corrected chi connectivity index (χ2v) is 8.63. The normalized spacial score (nSPS) is 12.3. The van der Waals surface area contributed by atoms with Crippen LogP contribution in [0, 0.1) is 18.3 Å². The molecule has 8 nitrogen and oxygen atoms in total. The predicted octanol–water partition coefficient (Wildman–Crippen LogP) is 3.11. The van der Waals surface area contributed by atoms with Crippen LogP contribution in [-0.2, 0) is 11.3 Å². The van der Waals surface area contributed by atoms with Crippen molar-refractivity contribution < 1.29 is 14.3 Å². The minimum atomic E-state index is -0.547. The van der Waals surface area contributed by atoms with Gasteiger partial charge < -0.3 is 19.4 Å². The van der Waals surface area contributed by atoms with Gasteiger partial charge in [0.05, 0.1) is 12.3 Å². The smallest absolute Gasteiger partial charge is 0.346 e. The van der Waals surface area contributed by atoms with E-state index in [-0.39, 0.29) is 22.2 Å². The van der Waals surface area contributed by atoms with Gasteiger partial charge in [-0.2, -0.15) is 10.2 Å². The Hall–Kier alpha value is -3.29. The van der Waals surface area contributed by atoms with E-state index in [1.165, 1.54) is 0 Å². The van der Waals surface area contributed by atoms with E-state index in [1.807, 2.05) is 29.6 Å². The number of amides is 1. The van der Waals surface area contributed by atoms with Crippen molar-refractivity contribution in [3.63, 3.8) is 0 Å². The van der Waals surface area contributed by atoms with Crippen molar-refractivity contribution in [2.75, 3.05) is 23.9 Å². The monoisotopic (exact) mass is 454 g/mol. The molecule has 0 fully saturated rings. The second-order valence-electron chi connectivity index (χ2n) is 6.63. The molecule has 1 amide bonds. The molecule has 0 saturated heterocycles. The lowest BCUT2D eigenvalue weighted by molar-refractivity contribution is -0.116. The van der Waals surface area contributed by atoms with Crippen LogP contribution in [0.2, 0.25) is 0 Å². The number of nitriles is 1. The number of carbonyl (C=O) groups excluding carboxylic acids is 1. The van der Waals surface area contributed by atoms with Crippen molar-refractivity contribution in [3.05, 3.63) is 62.3 Å². The van der Waals surface area contributed by atoms with Gasteiger partial charge in [0.2, 0.25) is 5.91 Å². The van der Waals surface area contributed by atoms with E-state index in [2.05, 4.69) is 9.97 Å². The molecule has 0 radical (unpaired) electrons. The number of anilines is 1. The zero-order chi connectivity index (χ0) is 21.8. The summed E-state index contributed by atoms with van der Waals surface area (Å²) in [5, 5.41) is 11.6. The number of thioether (sulfide) groups is 1. The third-order valence-electron chi connectivity index (χ3n) is 4.56. The number of ether oxygens (including phenoxy) is 2. The molecule has 3 heterocycles. The fraction of sp³-hybridized carbons (Fsp3) is 0.238. The van der Waals surface area contributed by atoms with Crippen molar-refractivity contribution >= 4 is 34.7 Å². The molecule has 0 bridgehead atoms. The van der Waals surface area contributed by atoms with Gasteiger partial charge in [0, 0.05) is 22.3 Å². The first kappa shape index (κ1) is 21.0. The van der Waals surface area contributed by atoms with Crippen LogP contribution in [0.4, 0.5) is 5.69 Å². The van der Waals surface area contributed by atoms with E-state index in [0.717, 1.165) is 16.6 Å². The Morgan fingerprint density at radius 1 is 1.32 bits per heavy atom. The van der Waals surface area contributed by atoms with Gasteiger partial charge in [-0.3, -0.25) is 4.79 Å². The highest BCUT2D eigenvalue weighted by Crippen LogP contribution is 2.35. The number of fused-ring (bicyclic) bond motifs is 1. The average Bonchev–Trinajstić information content (AvgIpc) is 3.28. The maximum absolute atomic E-state index is 13.2. The fourth-order valence-electron chi connectivity index (χ4n) is 3.09. The summed E-state index contributed by atoms with van der Waals surface area (Å²) in [6.07, 6.45) is 0. The zero-order valence-electron chi connectivity index (χ0n) is 16.6. The molecule has 158 valence electrons. The van der Waals surface area contributed by atoms with Crippen molar-refractivity contribution in [2.45, 2.75) is 18.5 Å². The number of aryl methyl sites for hydroxylation is 1. The third kappa shape index (κ3) is 4.73. The minimum absolute atomic E-state index is 0.0182. The number of aromatic amines is 1. The van der Waals surface area contributed by atoms with Crippen molar-refractivity contribution in [1.29, 1.82) is 5.26 Å². The first-order chi connectivity index (χ1) is 15.0. The number of hydrogen-bond donors (Lipinski definition) is 1. The number of nitrogens with one attached hydrogen (secondary N) is 1. The summed E-state index contributed by atoms with van der Waals surface area (Å²) in [6.45, 7) is 2.97. The molecule has 4 rings (SSSR count). The molecule has 0 unspecified atom stereocenters. The zero-order valence-corrected chi connectivity index (χ0v) is 18.2. The molecule has 1 aliphatic rings. The number of aromatic nitrogens is 2. The fourth-order valence-corrected chi connectivity index (χ4v) is 4.68. The lowest BCUT2D eigenvalue weighted by atomic mass is 10.2. The largest absolute Gasteiger partial charge is 0.486 e. The molecule has 10 heteroatoms. The second kappa shape index (κ2) is 9.24. The summed E-state index contributed by atoms with van der Waals surface area (Å²) in [5.41, 5.74) is 0.828. The van der Waals surface area contributed by atoms with E-state index < -0.39 is 5.69 Å². The number of nitrogens with zero attached hydrogens (tertiary/aromatic N) is 3. The third-order valence-corrected chi connectivity index (χ3v) is 6.38. The van der Waals surface area contributed by atoms with Crippen LogP contribution in [0.15, 0.2) is 45.5 Å². The molecule has 0 saturated carbocycles. The van der Waals surface area contributed by atoms with Crippen LogP contribution >= 0.6 is 23.1 Å². The highest BCUT2D eigenvalue weighted by Gasteiger charge is 2.21. The summed E-state index contributed by atoms with van der Waals surface area (Å²) in [7, 11) is 0. The summed E-state index contributed by atoms with van der Waals surface area (Å²) in [6, 6.07) is 11.3. The Morgan fingerprint density at radius 2 is 2.13 bits per heavy atom. The van der Waals surface area contributed by atoms with Gasteiger partial charge in [0.25, 0.3) is 0 Å². The molecule has 2 aromatic heterocycles. The van der Waals surface area contributed by atoms with Gasteiger partial charge in [-0.1, -0.05) is 17.8 Å². The Morgan fingerprint density at radius 3 is 2.87 bits per heavy atom. The van der Waals surface area contributed by atoms with Crippen LogP contribution < -0.4 is 20.1 Å². The molecular formula is C21H18N4O4S2. The lowest BCUT2D eigenvalue weighted by Gasteiger charge is -2.25. The van der Waals surface area contributed by atoms with E-state index in [4.69, 9.17) is 9.47 Å². The van der Waals surface area contributed by atoms with Gasteiger partial charge in [-0.15, -0.1) is 11.3 Å². The molecule has 1 aromatic carbocycles. The predicted molar refractivity (Wildman–Crippen MR) is 118 cm³/mol. The quantitative estimate of drug-likeness (QED) is 0.450. The van der Waals surface area contributed by atoms with Gasteiger partial charge in [-0.25, -0.2) is 4.79 Å². The summed E-state index contributed by atoms with van der Waals surface area (Å²) in [5.74, 6) is 1.08. The van der Waals surface area contributed by atoms with Gasteiger partial charge in [0.1, 0.15) is 29.9 Å². The Labute approximate surface area is 186 Å². The first-order valence-electron chi connectivity index (χ1n) is 9.41. The number of hydrogen-bond acceptors (Lipinski definition) is 8. The molecule has 1 N–H and O–H groups in total. The summed E-state index contributed by atoms with van der Waals surface area (Å²) in [4.78, 5) is 34.0. The van der Waals surface area contributed by atoms with Crippen LogP contribution in [0.1, 0.15) is 16.1 Å². The van der Waals surface area contributed by atoms with Crippen molar-refractivity contribution in [1.82, 2.24) is 9.97 Å². The lowest BCUT2D eigenvalue weighted by Crippen LogP contribution is -2.32. The van der Waals surface area contributed by atoms with Gasteiger partial charge >= 0.3 is 5.69 Å². The SMILES string of the molecule is Cc1[nH]c(=O)nc(SCC(=O)N(Cc2cccs2)c2ccc3c(c2)OCCO3)c1C#N. The van der Waals surface area contributed by atoms with Crippen molar-refractivity contribution in [2.24, 2.45) is 0 Å². The first-order valence-corrected chi connectivity index (χ1v) is 11.3. The number of H-pyrrole nitrogens is 1. The number of benzene rings is 1. The maximum Gasteiger partial charge on any atom is 0.346 e. The van der Waals surface area contributed by atoms with Crippen LogP contribution in [0.3, 0.4) is 0 Å². The minimum Gasteiger partial charge on any atom is -0.486 e. The van der Waals surface area contributed by atoms with Gasteiger partial charge in [-0.05, 0) is 30.5 Å². The molecule has 31 heavy (non-hydrogen) atoms. The average molecular weight is 455 g/mol. The molecule has 0 atom stereocenters. The molecule has 0 aliphatic carbocycles. The Balaban J connectivity index is 1.59. The maximum atomic E-state index is 13.2. The van der Waals surface area contributed by atoms with Crippen LogP contribution in [0.25, 0.3) is 0 Å². The number of carbonyl (C=O) groups is 1. The van der Waals surface area contributed by atoms with Crippen LogP contribution in [0.5, 0.6) is 11.5 Å². The van der Waals surface area contributed by atoms with Crippen molar-refractivity contribution in [3.8, 4) is 17.6 Å².